The molecule has 2 rings (SSSR count). The van der Waals surface area contributed by atoms with Gasteiger partial charge in [0.05, 0.1) is 23.0 Å². The number of nitrogens with two attached hydrogens (primary N) is 1. The summed E-state index contributed by atoms with van der Waals surface area (Å²) in [7, 11) is 0. The first-order chi connectivity index (χ1) is 9.21. The fourth-order valence-corrected chi connectivity index (χ4v) is 1.88. The minimum absolute atomic E-state index is 0.0274. The Labute approximate surface area is 117 Å². The van der Waals surface area contributed by atoms with Crippen LogP contribution in [0.3, 0.4) is 0 Å². The second-order valence-corrected chi connectivity index (χ2v) is 4.58. The van der Waals surface area contributed by atoms with Crippen LogP contribution < -0.4 is 5.73 Å². The molecular formula is C11H10F3N5S. The maximum Gasteiger partial charge on any atom is 0.419 e. The van der Waals surface area contributed by atoms with E-state index in [1.165, 1.54) is 0 Å². The number of hydrogen-bond acceptors (Lipinski definition) is 4. The fraction of sp³-hybridized carbons (Fsp3) is 0.273. The molecule has 0 bridgehead atoms. The summed E-state index contributed by atoms with van der Waals surface area (Å²) in [6.45, 7) is 3.42. The maximum atomic E-state index is 12.6. The van der Waals surface area contributed by atoms with E-state index in [0.717, 1.165) is 10.9 Å². The van der Waals surface area contributed by atoms with Gasteiger partial charge in [0.15, 0.2) is 5.82 Å². The van der Waals surface area contributed by atoms with Crippen molar-refractivity contribution >= 4 is 17.2 Å². The maximum absolute atomic E-state index is 12.6. The molecule has 2 aromatic heterocycles. The van der Waals surface area contributed by atoms with Gasteiger partial charge in [-0.25, -0.2) is 4.68 Å². The molecule has 0 amide bonds. The minimum atomic E-state index is -4.48. The smallest absolute Gasteiger partial charge is 0.389 e. The Morgan fingerprint density at radius 3 is 2.45 bits per heavy atom. The molecule has 0 unspecified atom stereocenters. The zero-order valence-electron chi connectivity index (χ0n) is 10.6. The van der Waals surface area contributed by atoms with Gasteiger partial charge in [-0.05, 0) is 19.4 Å². The molecule has 0 saturated heterocycles. The molecule has 0 aliphatic heterocycles. The second kappa shape index (κ2) is 4.82. The Bertz CT molecular complexity index is 677. The number of halogens is 3. The predicted octanol–water partition coefficient (Wildman–Crippen LogP) is 1.93. The summed E-state index contributed by atoms with van der Waals surface area (Å²) in [5, 5.41) is 11.3. The zero-order valence-corrected chi connectivity index (χ0v) is 11.4. The number of hydrogen-bond donors (Lipinski definition) is 1. The molecule has 0 aliphatic carbocycles. The van der Waals surface area contributed by atoms with Gasteiger partial charge in [0.1, 0.15) is 4.99 Å². The van der Waals surface area contributed by atoms with E-state index in [2.05, 4.69) is 15.3 Å². The van der Waals surface area contributed by atoms with E-state index in [-0.39, 0.29) is 10.8 Å². The van der Waals surface area contributed by atoms with Crippen molar-refractivity contribution in [3.63, 3.8) is 0 Å². The molecule has 0 aromatic carbocycles. The van der Waals surface area contributed by atoms with Crippen molar-refractivity contribution in [1.82, 2.24) is 20.0 Å². The van der Waals surface area contributed by atoms with Crippen molar-refractivity contribution in [2.24, 2.45) is 5.73 Å². The lowest BCUT2D eigenvalue weighted by molar-refractivity contribution is -0.137. The molecule has 2 N–H and O–H groups in total. The first kappa shape index (κ1) is 14.4. The number of aromatic nitrogens is 4. The van der Waals surface area contributed by atoms with Gasteiger partial charge < -0.3 is 5.73 Å². The van der Waals surface area contributed by atoms with Crippen LogP contribution in [0.1, 0.15) is 22.4 Å². The number of thiocarbonyl (C=S) groups is 1. The van der Waals surface area contributed by atoms with Gasteiger partial charge in [-0.1, -0.05) is 12.2 Å². The van der Waals surface area contributed by atoms with E-state index in [4.69, 9.17) is 18.0 Å². The third-order valence-corrected chi connectivity index (χ3v) is 3.01. The van der Waals surface area contributed by atoms with Crippen LogP contribution in [0.25, 0.3) is 5.82 Å². The van der Waals surface area contributed by atoms with Crippen molar-refractivity contribution in [2.75, 3.05) is 0 Å². The molecule has 20 heavy (non-hydrogen) atoms. The van der Waals surface area contributed by atoms with Gasteiger partial charge in [-0.15, -0.1) is 5.10 Å². The van der Waals surface area contributed by atoms with Crippen LogP contribution in [0.4, 0.5) is 13.2 Å². The summed E-state index contributed by atoms with van der Waals surface area (Å²) in [5.74, 6) is 0.0797. The Kier molecular flexibility index (Phi) is 3.46. The van der Waals surface area contributed by atoms with Crippen LogP contribution >= 0.6 is 12.2 Å². The monoisotopic (exact) mass is 301 g/mol. The highest BCUT2D eigenvalue weighted by Gasteiger charge is 2.32. The SMILES string of the molecule is Cc1nnc(-n2cc(C(F)(F)F)cn2)c(C(N)=S)c1C. The summed E-state index contributed by atoms with van der Waals surface area (Å²) in [5.41, 5.74) is 6.35. The summed E-state index contributed by atoms with van der Waals surface area (Å²) in [4.78, 5) is 0.0274. The Morgan fingerprint density at radius 1 is 1.30 bits per heavy atom. The first-order valence-corrected chi connectivity index (χ1v) is 5.88. The standard InChI is InChI=1S/C11H10F3N5S/c1-5-6(2)17-18-10(8(5)9(15)20)19-4-7(3-16-19)11(12,13)14/h3-4H,1-2H3,(H2,15,20). The normalized spacial score (nSPS) is 11.7. The second-order valence-electron chi connectivity index (χ2n) is 4.14. The van der Waals surface area contributed by atoms with Crippen LogP contribution in [-0.4, -0.2) is 25.0 Å². The summed E-state index contributed by atoms with van der Waals surface area (Å²) in [6.07, 6.45) is -2.95. The van der Waals surface area contributed by atoms with E-state index in [0.29, 0.717) is 23.0 Å². The Morgan fingerprint density at radius 2 is 1.95 bits per heavy atom. The molecule has 0 spiro atoms. The lowest BCUT2D eigenvalue weighted by atomic mass is 10.1. The van der Waals surface area contributed by atoms with Crippen molar-refractivity contribution in [2.45, 2.75) is 20.0 Å². The van der Waals surface area contributed by atoms with Crippen LogP contribution in [0.2, 0.25) is 0 Å². The molecule has 2 heterocycles. The molecule has 5 nitrogen and oxygen atoms in total. The van der Waals surface area contributed by atoms with E-state index in [9.17, 15) is 13.2 Å². The summed E-state index contributed by atoms with van der Waals surface area (Å²) < 4.78 is 38.7. The topological polar surface area (TPSA) is 69.6 Å². The third kappa shape index (κ3) is 2.48. The lowest BCUT2D eigenvalue weighted by Gasteiger charge is -2.11. The quantitative estimate of drug-likeness (QED) is 0.858. The fourth-order valence-electron chi connectivity index (χ4n) is 1.64. The molecular weight excluding hydrogens is 291 g/mol. The van der Waals surface area contributed by atoms with Crippen molar-refractivity contribution < 1.29 is 13.2 Å². The van der Waals surface area contributed by atoms with E-state index >= 15 is 0 Å². The van der Waals surface area contributed by atoms with E-state index in [1.807, 2.05) is 0 Å². The van der Waals surface area contributed by atoms with E-state index < -0.39 is 11.7 Å². The van der Waals surface area contributed by atoms with Crippen LogP contribution in [0.15, 0.2) is 12.4 Å². The molecule has 9 heteroatoms. The van der Waals surface area contributed by atoms with Gasteiger partial charge in [0, 0.05) is 6.20 Å². The van der Waals surface area contributed by atoms with Crippen LogP contribution in [0, 0.1) is 13.8 Å². The summed E-state index contributed by atoms with van der Waals surface area (Å²) in [6, 6.07) is 0. The third-order valence-electron chi connectivity index (χ3n) is 2.81. The minimum Gasteiger partial charge on any atom is -0.389 e. The zero-order chi connectivity index (χ0) is 15.1. The van der Waals surface area contributed by atoms with Crippen LogP contribution in [-0.2, 0) is 6.18 Å². The van der Waals surface area contributed by atoms with Crippen molar-refractivity contribution in [1.29, 1.82) is 0 Å². The van der Waals surface area contributed by atoms with Gasteiger partial charge in [0.2, 0.25) is 0 Å². The number of alkyl halides is 3. The van der Waals surface area contributed by atoms with Gasteiger partial charge >= 0.3 is 6.18 Å². The highest BCUT2D eigenvalue weighted by Crippen LogP contribution is 2.29. The van der Waals surface area contributed by atoms with E-state index in [1.54, 1.807) is 13.8 Å². The van der Waals surface area contributed by atoms with Crippen molar-refractivity contribution in [3.8, 4) is 5.82 Å². The van der Waals surface area contributed by atoms with Gasteiger partial charge in [0.25, 0.3) is 0 Å². The highest BCUT2D eigenvalue weighted by atomic mass is 32.1. The number of aryl methyl sites for hydroxylation is 1. The average molecular weight is 301 g/mol. The average Bonchev–Trinajstić information content (AvgIpc) is 2.80. The molecule has 0 fully saturated rings. The summed E-state index contributed by atoms with van der Waals surface area (Å²) >= 11 is 4.92. The molecule has 0 radical (unpaired) electrons. The molecule has 106 valence electrons. The number of nitrogens with zero attached hydrogens (tertiary/aromatic N) is 4. The van der Waals surface area contributed by atoms with Crippen LogP contribution in [0.5, 0.6) is 0 Å². The Hall–Kier alpha value is -2.03. The van der Waals surface area contributed by atoms with Gasteiger partial charge in [-0.2, -0.15) is 23.4 Å². The highest BCUT2D eigenvalue weighted by molar-refractivity contribution is 7.80. The number of rotatable bonds is 2. The largest absolute Gasteiger partial charge is 0.419 e. The first-order valence-electron chi connectivity index (χ1n) is 5.47. The lowest BCUT2D eigenvalue weighted by Crippen LogP contribution is -2.19. The molecule has 0 atom stereocenters. The van der Waals surface area contributed by atoms with Gasteiger partial charge in [-0.3, -0.25) is 0 Å². The molecule has 2 aromatic rings. The molecule has 0 saturated carbocycles. The molecule has 0 aliphatic rings. The van der Waals surface area contributed by atoms with Crippen molar-refractivity contribution in [3.05, 3.63) is 34.8 Å². The Balaban J connectivity index is 2.62. The predicted molar refractivity (Wildman–Crippen MR) is 69.5 cm³/mol.